The molecule has 21 heavy (non-hydrogen) atoms. The predicted octanol–water partition coefficient (Wildman–Crippen LogP) is 3.84. The Hall–Kier alpha value is -2.17. The summed E-state index contributed by atoms with van der Waals surface area (Å²) >= 11 is 0. The van der Waals surface area contributed by atoms with Crippen LogP contribution in [0.5, 0.6) is 11.5 Å². The van der Waals surface area contributed by atoms with Crippen LogP contribution in [0.1, 0.15) is 39.2 Å². The zero-order valence-electron chi connectivity index (χ0n) is 13.0. The molecule has 5 nitrogen and oxygen atoms in total. The number of anilines is 1. The van der Waals surface area contributed by atoms with E-state index >= 15 is 0 Å². The van der Waals surface area contributed by atoms with Gasteiger partial charge in [0, 0.05) is 11.1 Å². The second-order valence-electron chi connectivity index (χ2n) is 4.99. The van der Waals surface area contributed by atoms with Crippen molar-refractivity contribution in [1.29, 1.82) is 0 Å². The van der Waals surface area contributed by atoms with Crippen molar-refractivity contribution in [2.45, 2.75) is 33.6 Å². The highest BCUT2D eigenvalue weighted by Crippen LogP contribution is 2.38. The van der Waals surface area contributed by atoms with Gasteiger partial charge in [-0.2, -0.15) is 0 Å². The average Bonchev–Trinajstić information content (AvgIpc) is 2.83. The van der Waals surface area contributed by atoms with Gasteiger partial charge >= 0.3 is 0 Å². The molecule has 0 unspecified atom stereocenters. The van der Waals surface area contributed by atoms with Crippen LogP contribution in [0.2, 0.25) is 0 Å². The maximum atomic E-state index is 5.89. The van der Waals surface area contributed by atoms with E-state index in [0.29, 0.717) is 30.5 Å². The van der Waals surface area contributed by atoms with E-state index in [9.17, 15) is 0 Å². The van der Waals surface area contributed by atoms with Gasteiger partial charge in [0.1, 0.15) is 0 Å². The van der Waals surface area contributed by atoms with E-state index in [1.54, 1.807) is 0 Å². The molecule has 0 bridgehead atoms. The third-order valence-electron chi connectivity index (χ3n) is 3.14. The Bertz CT molecular complexity index is 606. The summed E-state index contributed by atoms with van der Waals surface area (Å²) < 4.78 is 16.6. The third-order valence-corrected chi connectivity index (χ3v) is 3.14. The number of rotatable bonds is 6. The molecular weight excluding hydrogens is 268 g/mol. The summed E-state index contributed by atoms with van der Waals surface area (Å²) in [6.45, 7) is 9.16. The van der Waals surface area contributed by atoms with Crippen LogP contribution in [-0.4, -0.2) is 18.4 Å². The van der Waals surface area contributed by atoms with Gasteiger partial charge in [0.05, 0.1) is 13.2 Å². The highest BCUT2D eigenvalue weighted by Gasteiger charge is 2.20. The van der Waals surface area contributed by atoms with Crippen LogP contribution in [0, 0.1) is 0 Å². The quantitative estimate of drug-likeness (QED) is 0.875. The average molecular weight is 290 g/mol. The van der Waals surface area contributed by atoms with Crippen LogP contribution in [0.3, 0.4) is 0 Å². The molecule has 1 aromatic carbocycles. The monoisotopic (exact) mass is 290 g/mol. The molecule has 0 amide bonds. The van der Waals surface area contributed by atoms with Gasteiger partial charge in [-0.25, -0.2) is 0 Å². The molecule has 5 heteroatoms. The van der Waals surface area contributed by atoms with E-state index in [0.717, 1.165) is 16.9 Å². The Balaban J connectivity index is 2.47. The summed E-state index contributed by atoms with van der Waals surface area (Å²) in [4.78, 5) is 0. The number of hydrogen-bond donors (Lipinski definition) is 1. The SMILES string of the molecule is CCOc1ccc(-c2onc(N)c2C(C)C)cc1OCC. The van der Waals surface area contributed by atoms with Gasteiger partial charge in [0.15, 0.2) is 23.1 Å². The molecule has 0 saturated carbocycles. The first-order valence-corrected chi connectivity index (χ1v) is 7.23. The largest absolute Gasteiger partial charge is 0.490 e. The molecule has 2 rings (SSSR count). The van der Waals surface area contributed by atoms with Crippen LogP contribution in [0.15, 0.2) is 22.7 Å². The van der Waals surface area contributed by atoms with Gasteiger partial charge in [-0.1, -0.05) is 19.0 Å². The molecule has 2 N–H and O–H groups in total. The second kappa shape index (κ2) is 6.52. The molecule has 0 spiro atoms. The Morgan fingerprint density at radius 1 is 1.14 bits per heavy atom. The van der Waals surface area contributed by atoms with Crippen molar-refractivity contribution < 1.29 is 14.0 Å². The fourth-order valence-corrected chi connectivity index (χ4v) is 2.27. The predicted molar refractivity (Wildman–Crippen MR) is 82.8 cm³/mol. The normalized spacial score (nSPS) is 10.9. The number of aromatic nitrogens is 1. The van der Waals surface area contributed by atoms with E-state index in [4.69, 9.17) is 19.7 Å². The number of benzene rings is 1. The number of nitrogen functional groups attached to an aromatic ring is 1. The first-order chi connectivity index (χ1) is 10.1. The zero-order chi connectivity index (χ0) is 15.4. The Morgan fingerprint density at radius 3 is 2.43 bits per heavy atom. The summed E-state index contributed by atoms with van der Waals surface area (Å²) in [5.74, 6) is 2.77. The Labute approximate surface area is 125 Å². The maximum absolute atomic E-state index is 5.89. The lowest BCUT2D eigenvalue weighted by atomic mass is 9.99. The van der Waals surface area contributed by atoms with Crippen molar-refractivity contribution in [3.8, 4) is 22.8 Å². The second-order valence-corrected chi connectivity index (χ2v) is 4.99. The molecule has 0 fully saturated rings. The van der Waals surface area contributed by atoms with Crippen molar-refractivity contribution in [1.82, 2.24) is 5.16 Å². The summed E-state index contributed by atoms with van der Waals surface area (Å²) in [6.07, 6.45) is 0. The molecule has 2 aromatic rings. The number of nitrogens with two attached hydrogens (primary N) is 1. The fourth-order valence-electron chi connectivity index (χ4n) is 2.27. The van der Waals surface area contributed by atoms with Gasteiger partial charge < -0.3 is 19.7 Å². The van der Waals surface area contributed by atoms with Crippen LogP contribution in [0.4, 0.5) is 5.82 Å². The van der Waals surface area contributed by atoms with Crippen LogP contribution in [-0.2, 0) is 0 Å². The smallest absolute Gasteiger partial charge is 0.172 e. The van der Waals surface area contributed by atoms with E-state index in [1.807, 2.05) is 32.0 Å². The van der Waals surface area contributed by atoms with Gasteiger partial charge in [0.2, 0.25) is 0 Å². The molecule has 0 aliphatic carbocycles. The van der Waals surface area contributed by atoms with Crippen molar-refractivity contribution >= 4 is 5.82 Å². The van der Waals surface area contributed by atoms with Crippen molar-refractivity contribution in [2.24, 2.45) is 0 Å². The van der Waals surface area contributed by atoms with Gasteiger partial charge in [-0.05, 0) is 38.0 Å². The third kappa shape index (κ3) is 3.12. The lowest BCUT2D eigenvalue weighted by molar-refractivity contribution is 0.288. The fraction of sp³-hybridized carbons (Fsp3) is 0.438. The van der Waals surface area contributed by atoms with Crippen molar-refractivity contribution in [3.05, 3.63) is 23.8 Å². The number of nitrogens with zero attached hydrogens (tertiary/aromatic N) is 1. The standard InChI is InChI=1S/C16H22N2O3/c1-5-19-12-8-7-11(9-13(12)20-6-2)15-14(10(3)4)16(17)18-21-15/h7-10H,5-6H2,1-4H3,(H2,17,18). The maximum Gasteiger partial charge on any atom is 0.172 e. The Morgan fingerprint density at radius 2 is 1.81 bits per heavy atom. The minimum atomic E-state index is 0.230. The molecule has 1 heterocycles. The molecule has 0 aliphatic rings. The van der Waals surface area contributed by atoms with Crippen molar-refractivity contribution in [3.63, 3.8) is 0 Å². The van der Waals surface area contributed by atoms with E-state index in [2.05, 4.69) is 19.0 Å². The van der Waals surface area contributed by atoms with Gasteiger partial charge in [-0.15, -0.1) is 0 Å². The summed E-state index contributed by atoms with van der Waals surface area (Å²) in [6, 6.07) is 5.71. The van der Waals surface area contributed by atoms with Gasteiger partial charge in [0.25, 0.3) is 0 Å². The minimum absolute atomic E-state index is 0.230. The first-order valence-electron chi connectivity index (χ1n) is 7.23. The molecule has 0 saturated heterocycles. The van der Waals surface area contributed by atoms with E-state index in [1.165, 1.54) is 0 Å². The lowest BCUT2D eigenvalue weighted by Crippen LogP contribution is -1.99. The summed E-state index contributed by atoms with van der Waals surface area (Å²) in [5.41, 5.74) is 7.70. The van der Waals surface area contributed by atoms with Crippen molar-refractivity contribution in [2.75, 3.05) is 18.9 Å². The molecular formula is C16H22N2O3. The van der Waals surface area contributed by atoms with E-state index in [-0.39, 0.29) is 5.92 Å². The number of ether oxygens (including phenoxy) is 2. The number of hydrogen-bond acceptors (Lipinski definition) is 5. The summed E-state index contributed by atoms with van der Waals surface area (Å²) in [5, 5.41) is 3.88. The van der Waals surface area contributed by atoms with Gasteiger partial charge in [-0.3, -0.25) is 0 Å². The highest BCUT2D eigenvalue weighted by molar-refractivity contribution is 5.69. The molecule has 114 valence electrons. The topological polar surface area (TPSA) is 70.5 Å². The highest BCUT2D eigenvalue weighted by atomic mass is 16.5. The molecule has 0 aliphatic heterocycles. The first kappa shape index (κ1) is 15.2. The zero-order valence-corrected chi connectivity index (χ0v) is 13.0. The molecule has 1 aromatic heterocycles. The van der Waals surface area contributed by atoms with Crippen LogP contribution in [0.25, 0.3) is 11.3 Å². The molecule has 0 radical (unpaired) electrons. The minimum Gasteiger partial charge on any atom is -0.490 e. The van der Waals surface area contributed by atoms with Crippen LogP contribution >= 0.6 is 0 Å². The van der Waals surface area contributed by atoms with E-state index < -0.39 is 0 Å². The lowest BCUT2D eigenvalue weighted by Gasteiger charge is -2.12. The molecule has 0 atom stereocenters. The summed E-state index contributed by atoms with van der Waals surface area (Å²) in [7, 11) is 0. The Kier molecular flexibility index (Phi) is 4.73. The van der Waals surface area contributed by atoms with Crippen LogP contribution < -0.4 is 15.2 Å².